The number of nitro groups is 1. The summed E-state index contributed by atoms with van der Waals surface area (Å²) < 4.78 is 53.2. The van der Waals surface area contributed by atoms with Crippen LogP contribution in [0.15, 0.2) is 100 Å². The maximum absolute atomic E-state index is 14.0. The molecule has 3 aliphatic rings. The number of sulfonamides is 1. The van der Waals surface area contributed by atoms with E-state index >= 15 is 0 Å². The van der Waals surface area contributed by atoms with Crippen LogP contribution in [0.5, 0.6) is 11.5 Å². The second-order valence-electron chi connectivity index (χ2n) is 18.7. The number of aromatic amines is 1. The number of allylic oxidation sites excluding steroid dienone is 1. The van der Waals surface area contributed by atoms with Crippen molar-refractivity contribution in [3.05, 3.63) is 117 Å². The normalized spacial score (nSPS) is 18.3. The highest BCUT2D eigenvalue weighted by atomic mass is 35.5. The minimum Gasteiger partial charge on any atom is -0.455 e. The van der Waals surface area contributed by atoms with Gasteiger partial charge in [0.1, 0.15) is 22.8 Å². The molecule has 0 radical (unpaired) electrons. The van der Waals surface area contributed by atoms with Crippen molar-refractivity contribution < 1.29 is 27.1 Å². The number of piperazine rings is 1. The van der Waals surface area contributed by atoms with Gasteiger partial charge in [-0.2, -0.15) is 0 Å². The summed E-state index contributed by atoms with van der Waals surface area (Å²) in [6.07, 6.45) is 7.09. The summed E-state index contributed by atoms with van der Waals surface area (Å²) in [5.41, 5.74) is 5.41. The molecule has 8 rings (SSSR count). The molecule has 0 spiro atoms. The van der Waals surface area contributed by atoms with Crippen molar-refractivity contribution in [2.45, 2.75) is 64.3 Å². The van der Waals surface area contributed by atoms with Crippen molar-refractivity contribution in [2.75, 3.05) is 80.6 Å². The van der Waals surface area contributed by atoms with Gasteiger partial charge in [0.15, 0.2) is 0 Å². The maximum Gasteiger partial charge on any atom is 0.293 e. The van der Waals surface area contributed by atoms with Gasteiger partial charge in [-0.25, -0.2) is 26.7 Å². The van der Waals surface area contributed by atoms with Gasteiger partial charge >= 0.3 is 0 Å². The second-order valence-corrected chi connectivity index (χ2v) is 23.5. The molecule has 3 aromatic carbocycles. The average Bonchev–Trinajstić information content (AvgIpc) is 3.78. The van der Waals surface area contributed by atoms with Gasteiger partial charge in [-0.3, -0.25) is 19.8 Å². The molecule has 1 atom stereocenters. The maximum atomic E-state index is 14.0. The first-order chi connectivity index (χ1) is 32.5. The number of halogens is 1. The quantitative estimate of drug-likeness (QED) is 0.0629. The minimum atomic E-state index is -4.60. The molecule has 362 valence electrons. The van der Waals surface area contributed by atoms with Crippen LogP contribution in [0.1, 0.15) is 69.3 Å². The number of carbonyl (C=O) groups excluding carboxylic acids is 1. The molecule has 3 N–H and O–H groups in total. The van der Waals surface area contributed by atoms with E-state index < -0.39 is 41.2 Å². The summed E-state index contributed by atoms with van der Waals surface area (Å²) in [5.74, 6) is 0.528. The Labute approximate surface area is 403 Å². The third-order valence-electron chi connectivity index (χ3n) is 13.1. The summed E-state index contributed by atoms with van der Waals surface area (Å²) in [6.45, 7) is 14.9. The molecule has 5 aromatic rings. The average molecular weight is 987 g/mol. The number of carbonyl (C=O) groups is 1. The zero-order chi connectivity index (χ0) is 48.2. The number of rotatable bonds is 16. The van der Waals surface area contributed by atoms with Crippen molar-refractivity contribution in [1.82, 2.24) is 24.5 Å². The zero-order valence-electron chi connectivity index (χ0n) is 39.0. The molecule has 0 saturated carbocycles. The topological polar surface area (TPSA) is 195 Å². The Balaban J connectivity index is 0.965. The fraction of sp³-hybridized carbons (Fsp3) is 0.429. The minimum absolute atomic E-state index is 0.0514. The Morgan fingerprint density at radius 1 is 1.01 bits per heavy atom. The lowest BCUT2D eigenvalue weighted by Gasteiger charge is -2.39. The molecule has 16 nitrogen and oxygen atoms in total. The smallest absolute Gasteiger partial charge is 0.293 e. The third kappa shape index (κ3) is 11.8. The predicted molar refractivity (Wildman–Crippen MR) is 270 cm³/mol. The number of anilines is 2. The van der Waals surface area contributed by atoms with Crippen molar-refractivity contribution in [2.24, 2.45) is 9.78 Å². The van der Waals surface area contributed by atoms with E-state index in [9.17, 15) is 27.5 Å². The van der Waals surface area contributed by atoms with Crippen molar-refractivity contribution in [3.63, 3.8) is 0 Å². The number of nitro benzene ring substituents is 1. The molecule has 2 aliphatic heterocycles. The van der Waals surface area contributed by atoms with Gasteiger partial charge in [0.25, 0.3) is 21.6 Å². The standard InChI is InChI=1S/C49H60ClN9O7S2/c1-5-53-67(63)26-24-56(25-27-67)19-16-34(2)54-44-13-11-41(30-45(44)59(61)62)68(64,65)55-48(60)42-12-10-39(29-46(42)66-40-28-36-15-18-51-47(36)52-32-40)58-22-20-57(21-23-58)33-37-14-17-49(3,4)31-43(37)35-6-8-38(50)9-7-35/h6-13,15,18,28-30,32,34,54H,5,14,16-17,19-27,31,33H2,1-4H3,(H,51,52)(H,55,60)/t34-/m0/s1. The molecule has 4 heterocycles. The summed E-state index contributed by atoms with van der Waals surface area (Å²) in [6, 6.07) is 20.1. The fourth-order valence-corrected chi connectivity index (χ4v) is 12.4. The number of hydrogen-bond acceptors (Lipinski definition) is 13. The van der Waals surface area contributed by atoms with Crippen LogP contribution in [0.2, 0.25) is 5.02 Å². The van der Waals surface area contributed by atoms with Gasteiger partial charge in [0.2, 0.25) is 0 Å². The predicted octanol–water partition coefficient (Wildman–Crippen LogP) is 8.82. The van der Waals surface area contributed by atoms with Crippen molar-refractivity contribution in [3.8, 4) is 11.5 Å². The lowest BCUT2D eigenvalue weighted by Crippen LogP contribution is -2.47. The number of nitrogens with one attached hydrogen (secondary N) is 3. The van der Waals surface area contributed by atoms with E-state index in [2.05, 4.69) is 65.0 Å². The van der Waals surface area contributed by atoms with Gasteiger partial charge in [-0.1, -0.05) is 43.2 Å². The van der Waals surface area contributed by atoms with Gasteiger partial charge in [-0.05, 0) is 105 Å². The van der Waals surface area contributed by atoms with E-state index in [-0.39, 0.29) is 28.5 Å². The van der Waals surface area contributed by atoms with Crippen LogP contribution in [-0.2, 0) is 19.8 Å². The van der Waals surface area contributed by atoms with Crippen LogP contribution in [0.3, 0.4) is 0 Å². The number of pyridine rings is 1. The van der Waals surface area contributed by atoms with Crippen LogP contribution in [0, 0.1) is 15.5 Å². The van der Waals surface area contributed by atoms with E-state index in [1.165, 1.54) is 41.1 Å². The van der Waals surface area contributed by atoms with Crippen LogP contribution in [0.25, 0.3) is 16.6 Å². The molecule has 0 unspecified atom stereocenters. The van der Waals surface area contributed by atoms with E-state index in [0.717, 1.165) is 61.1 Å². The molecule has 2 fully saturated rings. The zero-order valence-corrected chi connectivity index (χ0v) is 41.4. The lowest BCUT2D eigenvalue weighted by atomic mass is 9.72. The third-order valence-corrected chi connectivity index (χ3v) is 17.1. The van der Waals surface area contributed by atoms with Gasteiger partial charge < -0.3 is 24.8 Å². The number of H-pyrrole nitrogens is 1. The Morgan fingerprint density at radius 3 is 2.49 bits per heavy atom. The number of nitrogens with zero attached hydrogens (tertiary/aromatic N) is 6. The number of ether oxygens (including phenoxy) is 1. The highest BCUT2D eigenvalue weighted by Crippen LogP contribution is 2.43. The highest BCUT2D eigenvalue weighted by molar-refractivity contribution is 7.93. The highest BCUT2D eigenvalue weighted by Gasteiger charge is 2.31. The second kappa shape index (κ2) is 20.6. The van der Waals surface area contributed by atoms with Crippen LogP contribution in [0.4, 0.5) is 17.1 Å². The Morgan fingerprint density at radius 2 is 1.76 bits per heavy atom. The first-order valence-corrected chi connectivity index (χ1v) is 26.9. The lowest BCUT2D eigenvalue weighted by molar-refractivity contribution is -0.384. The summed E-state index contributed by atoms with van der Waals surface area (Å²) in [4.78, 5) is 39.6. The molecule has 68 heavy (non-hydrogen) atoms. The first-order valence-electron chi connectivity index (χ1n) is 23.2. The molecule has 1 amide bonds. The van der Waals surface area contributed by atoms with Crippen molar-refractivity contribution in [1.29, 1.82) is 0 Å². The summed E-state index contributed by atoms with van der Waals surface area (Å²) in [7, 11) is -6.76. The number of hydrogen-bond donors (Lipinski definition) is 3. The Kier molecular flexibility index (Phi) is 14.8. The monoisotopic (exact) mass is 985 g/mol. The van der Waals surface area contributed by atoms with Gasteiger partial charge in [0.05, 0.1) is 21.6 Å². The van der Waals surface area contributed by atoms with E-state index in [0.29, 0.717) is 68.6 Å². The number of amides is 1. The number of aromatic nitrogens is 2. The van der Waals surface area contributed by atoms with E-state index in [4.69, 9.17) is 16.3 Å². The summed E-state index contributed by atoms with van der Waals surface area (Å²) in [5, 5.41) is 17.0. The number of benzene rings is 3. The van der Waals surface area contributed by atoms with Crippen LogP contribution >= 0.6 is 11.6 Å². The number of fused-ring (bicyclic) bond motifs is 1. The summed E-state index contributed by atoms with van der Waals surface area (Å²) >= 11 is 6.25. The fourth-order valence-electron chi connectivity index (χ4n) is 9.23. The molecular formula is C49H60ClN9O7S2. The molecule has 1 aliphatic carbocycles. The SMILES string of the molecule is CCN=S1(=O)CCN(CC[C@H](C)Nc2ccc(S(=O)(=O)NC(=O)c3ccc(N4CCN(CC5=C(c6ccc(Cl)cc6)CC(C)(C)CC5)CC4)cc3Oc3cnc4[nH]ccc4c3)cc2[N+](=O)[O-])CC1. The molecule has 0 bridgehead atoms. The molecule has 19 heteroatoms. The Hall–Kier alpha value is -5.53. The largest absolute Gasteiger partial charge is 0.455 e. The Bertz CT molecular complexity index is 2930. The van der Waals surface area contributed by atoms with Crippen LogP contribution in [-0.4, -0.2) is 120 Å². The molecular weight excluding hydrogens is 926 g/mol. The molecule has 2 aromatic heterocycles. The van der Waals surface area contributed by atoms with Gasteiger partial charge in [0, 0.05) is 121 Å². The van der Waals surface area contributed by atoms with Crippen LogP contribution < -0.4 is 19.7 Å². The van der Waals surface area contributed by atoms with Gasteiger partial charge in [-0.15, -0.1) is 0 Å². The first kappa shape index (κ1) is 48.9. The molecule has 2 saturated heterocycles. The van der Waals surface area contributed by atoms with Crippen molar-refractivity contribution >= 4 is 70.9 Å². The van der Waals surface area contributed by atoms with E-state index in [1.807, 2.05) is 32.0 Å². The van der Waals surface area contributed by atoms with E-state index in [1.54, 1.807) is 24.4 Å².